The SMILES string of the molecule is Cn1ccc(CC2(C#N)CCOc3ccccc32)n1. The quantitative estimate of drug-likeness (QED) is 0.824. The molecule has 1 atom stereocenters. The maximum atomic E-state index is 9.72. The van der Waals surface area contributed by atoms with Gasteiger partial charge < -0.3 is 4.74 Å². The van der Waals surface area contributed by atoms with Gasteiger partial charge in [-0.2, -0.15) is 10.4 Å². The summed E-state index contributed by atoms with van der Waals surface area (Å²) in [4.78, 5) is 0. The third-order valence-corrected chi connectivity index (χ3v) is 3.65. The number of nitriles is 1. The molecule has 96 valence electrons. The molecule has 4 heteroatoms. The Morgan fingerprint density at radius 2 is 2.26 bits per heavy atom. The fourth-order valence-corrected chi connectivity index (χ4v) is 2.66. The summed E-state index contributed by atoms with van der Waals surface area (Å²) in [5.74, 6) is 0.825. The van der Waals surface area contributed by atoms with Gasteiger partial charge in [-0.15, -0.1) is 0 Å². The minimum absolute atomic E-state index is 0.525. The molecular weight excluding hydrogens is 238 g/mol. The van der Waals surface area contributed by atoms with Crippen LogP contribution in [0.1, 0.15) is 17.7 Å². The Bertz CT molecular complexity index is 641. The number of aromatic nitrogens is 2. The van der Waals surface area contributed by atoms with E-state index in [0.717, 1.165) is 17.0 Å². The lowest BCUT2D eigenvalue weighted by Crippen LogP contribution is -2.33. The van der Waals surface area contributed by atoms with Crippen LogP contribution in [0.25, 0.3) is 0 Å². The molecule has 2 heterocycles. The molecule has 0 saturated heterocycles. The average molecular weight is 253 g/mol. The summed E-state index contributed by atoms with van der Waals surface area (Å²) in [6, 6.07) is 12.3. The van der Waals surface area contributed by atoms with Gasteiger partial charge in [-0.25, -0.2) is 0 Å². The smallest absolute Gasteiger partial charge is 0.124 e. The topological polar surface area (TPSA) is 50.8 Å². The standard InChI is InChI=1S/C15H15N3O/c1-18-8-6-12(17-18)10-15(11-16)7-9-19-14-5-3-2-4-13(14)15/h2-6,8H,7,9-10H2,1H3. The highest BCUT2D eigenvalue weighted by Gasteiger charge is 2.38. The third kappa shape index (κ3) is 1.97. The summed E-state index contributed by atoms with van der Waals surface area (Å²) in [6.45, 7) is 0.581. The summed E-state index contributed by atoms with van der Waals surface area (Å²) in [7, 11) is 1.89. The number of fused-ring (bicyclic) bond motifs is 1. The van der Waals surface area contributed by atoms with Gasteiger partial charge in [-0.3, -0.25) is 4.68 Å². The Morgan fingerprint density at radius 1 is 1.42 bits per heavy atom. The van der Waals surface area contributed by atoms with Gasteiger partial charge in [0.1, 0.15) is 5.75 Å². The van der Waals surface area contributed by atoms with Crippen LogP contribution < -0.4 is 4.74 Å². The Hall–Kier alpha value is -2.28. The van der Waals surface area contributed by atoms with E-state index in [1.54, 1.807) is 4.68 Å². The van der Waals surface area contributed by atoms with Crippen molar-refractivity contribution in [1.82, 2.24) is 9.78 Å². The Balaban J connectivity index is 2.03. The van der Waals surface area contributed by atoms with Crippen molar-refractivity contribution in [2.45, 2.75) is 18.3 Å². The first-order valence-corrected chi connectivity index (χ1v) is 6.36. The zero-order valence-electron chi connectivity index (χ0n) is 10.8. The molecule has 2 aromatic rings. The largest absolute Gasteiger partial charge is 0.493 e. The van der Waals surface area contributed by atoms with E-state index in [1.165, 1.54) is 0 Å². The van der Waals surface area contributed by atoms with Crippen molar-refractivity contribution in [3.8, 4) is 11.8 Å². The van der Waals surface area contributed by atoms with Crippen LogP contribution in [0.3, 0.4) is 0 Å². The highest BCUT2D eigenvalue weighted by molar-refractivity contribution is 5.46. The molecule has 0 bridgehead atoms. The number of hydrogen-bond donors (Lipinski definition) is 0. The first kappa shape index (κ1) is 11.8. The van der Waals surface area contributed by atoms with E-state index in [1.807, 2.05) is 43.6 Å². The van der Waals surface area contributed by atoms with Gasteiger partial charge in [0.05, 0.1) is 23.8 Å². The average Bonchev–Trinajstić information content (AvgIpc) is 2.84. The first-order valence-electron chi connectivity index (χ1n) is 6.36. The van der Waals surface area contributed by atoms with Crippen LogP contribution in [0.2, 0.25) is 0 Å². The van der Waals surface area contributed by atoms with Gasteiger partial charge in [0, 0.05) is 31.6 Å². The van der Waals surface area contributed by atoms with Crippen LogP contribution in [0.4, 0.5) is 0 Å². The molecule has 0 amide bonds. The van der Waals surface area contributed by atoms with E-state index >= 15 is 0 Å². The molecule has 1 unspecified atom stereocenters. The van der Waals surface area contributed by atoms with E-state index in [-0.39, 0.29) is 0 Å². The molecule has 0 spiro atoms. The molecule has 1 aliphatic heterocycles. The molecule has 1 aromatic heterocycles. The van der Waals surface area contributed by atoms with Crippen molar-refractivity contribution < 1.29 is 4.74 Å². The molecule has 1 aliphatic rings. The van der Waals surface area contributed by atoms with Crippen molar-refractivity contribution in [1.29, 1.82) is 5.26 Å². The Labute approximate surface area is 112 Å². The summed E-state index contributed by atoms with van der Waals surface area (Å²) < 4.78 is 7.42. The highest BCUT2D eigenvalue weighted by Crippen LogP contribution is 2.40. The number of aryl methyl sites for hydroxylation is 1. The summed E-state index contributed by atoms with van der Waals surface area (Å²) >= 11 is 0. The summed E-state index contributed by atoms with van der Waals surface area (Å²) in [5, 5.41) is 14.1. The Morgan fingerprint density at radius 3 is 3.00 bits per heavy atom. The van der Waals surface area contributed by atoms with E-state index in [9.17, 15) is 5.26 Å². The van der Waals surface area contributed by atoms with Gasteiger partial charge in [-0.1, -0.05) is 18.2 Å². The number of nitrogens with zero attached hydrogens (tertiary/aromatic N) is 3. The number of rotatable bonds is 2. The second kappa shape index (κ2) is 4.43. The van der Waals surface area contributed by atoms with E-state index in [2.05, 4.69) is 11.2 Å². The molecule has 0 fully saturated rings. The number of benzene rings is 1. The van der Waals surface area contributed by atoms with Crippen LogP contribution >= 0.6 is 0 Å². The van der Waals surface area contributed by atoms with Gasteiger partial charge >= 0.3 is 0 Å². The number of hydrogen-bond acceptors (Lipinski definition) is 3. The minimum Gasteiger partial charge on any atom is -0.493 e. The lowest BCUT2D eigenvalue weighted by atomic mass is 9.74. The zero-order valence-corrected chi connectivity index (χ0v) is 10.8. The minimum atomic E-state index is -0.525. The lowest BCUT2D eigenvalue weighted by Gasteiger charge is -2.32. The van der Waals surface area contributed by atoms with E-state index in [0.29, 0.717) is 19.4 Å². The lowest BCUT2D eigenvalue weighted by molar-refractivity contribution is 0.240. The van der Waals surface area contributed by atoms with Crippen molar-refractivity contribution in [3.63, 3.8) is 0 Å². The van der Waals surface area contributed by atoms with Crippen molar-refractivity contribution >= 4 is 0 Å². The van der Waals surface area contributed by atoms with E-state index < -0.39 is 5.41 Å². The molecule has 0 radical (unpaired) electrons. The predicted octanol–water partition coefficient (Wildman–Crippen LogP) is 2.21. The molecule has 3 rings (SSSR count). The zero-order chi connectivity index (χ0) is 13.3. The van der Waals surface area contributed by atoms with Gasteiger partial charge in [0.15, 0.2) is 0 Å². The van der Waals surface area contributed by atoms with Crippen LogP contribution in [0.5, 0.6) is 5.75 Å². The monoisotopic (exact) mass is 253 g/mol. The fourth-order valence-electron chi connectivity index (χ4n) is 2.66. The molecule has 1 aromatic carbocycles. The fraction of sp³-hybridized carbons (Fsp3) is 0.333. The first-order chi connectivity index (χ1) is 9.23. The normalized spacial score (nSPS) is 21.3. The van der Waals surface area contributed by atoms with Crippen molar-refractivity contribution in [2.24, 2.45) is 7.05 Å². The number of para-hydroxylation sites is 1. The van der Waals surface area contributed by atoms with Crippen molar-refractivity contribution in [2.75, 3.05) is 6.61 Å². The molecule has 0 N–H and O–H groups in total. The second-order valence-electron chi connectivity index (χ2n) is 4.95. The maximum absolute atomic E-state index is 9.72. The predicted molar refractivity (Wildman–Crippen MR) is 70.8 cm³/mol. The van der Waals surface area contributed by atoms with Gasteiger partial charge in [0.2, 0.25) is 0 Å². The highest BCUT2D eigenvalue weighted by atomic mass is 16.5. The van der Waals surface area contributed by atoms with Crippen LogP contribution in [-0.2, 0) is 18.9 Å². The van der Waals surface area contributed by atoms with E-state index in [4.69, 9.17) is 4.74 Å². The molecule has 19 heavy (non-hydrogen) atoms. The summed E-state index contributed by atoms with van der Waals surface area (Å²) in [5.41, 5.74) is 1.40. The third-order valence-electron chi connectivity index (χ3n) is 3.65. The van der Waals surface area contributed by atoms with Crippen molar-refractivity contribution in [3.05, 3.63) is 47.8 Å². The summed E-state index contributed by atoms with van der Waals surface area (Å²) in [6.07, 6.45) is 3.24. The molecule has 4 nitrogen and oxygen atoms in total. The molecule has 0 aliphatic carbocycles. The van der Waals surface area contributed by atoms with Crippen LogP contribution in [0, 0.1) is 11.3 Å². The molecule has 0 saturated carbocycles. The molecular formula is C15H15N3O. The maximum Gasteiger partial charge on any atom is 0.124 e. The van der Waals surface area contributed by atoms with Gasteiger partial charge in [0.25, 0.3) is 0 Å². The van der Waals surface area contributed by atoms with Gasteiger partial charge in [-0.05, 0) is 12.1 Å². The second-order valence-corrected chi connectivity index (χ2v) is 4.95. The van der Waals surface area contributed by atoms with Crippen LogP contribution in [0.15, 0.2) is 36.5 Å². The number of ether oxygens (including phenoxy) is 1. The Kier molecular flexibility index (Phi) is 2.75. The van der Waals surface area contributed by atoms with Crippen LogP contribution in [-0.4, -0.2) is 16.4 Å².